The summed E-state index contributed by atoms with van der Waals surface area (Å²) in [6, 6.07) is 6.81. The topological polar surface area (TPSA) is 75.7 Å². The van der Waals surface area contributed by atoms with Crippen LogP contribution in [0.15, 0.2) is 33.8 Å². The van der Waals surface area contributed by atoms with Crippen molar-refractivity contribution in [2.45, 2.75) is 33.2 Å². The number of hydrogen-bond acceptors (Lipinski definition) is 5. The smallest absolute Gasteiger partial charge is 0.306 e. The molecular formula is C20H19ClN2O3S2. The van der Waals surface area contributed by atoms with E-state index in [1.54, 1.807) is 11.3 Å². The van der Waals surface area contributed by atoms with Crippen molar-refractivity contribution < 1.29 is 14.4 Å². The highest BCUT2D eigenvalue weighted by Crippen LogP contribution is 2.46. The molecule has 0 amide bonds. The van der Waals surface area contributed by atoms with Crippen LogP contribution in [0, 0.1) is 20.8 Å². The van der Waals surface area contributed by atoms with Gasteiger partial charge in [-0.2, -0.15) is 13.5 Å². The lowest BCUT2D eigenvalue weighted by Gasteiger charge is -2.11. The zero-order valence-corrected chi connectivity index (χ0v) is 18.1. The lowest BCUT2D eigenvalue weighted by molar-refractivity contribution is -0.137. The molecule has 0 unspecified atom stereocenters. The van der Waals surface area contributed by atoms with E-state index in [0.29, 0.717) is 10.8 Å². The average Bonchev–Trinajstić information content (AvgIpc) is 3.08. The van der Waals surface area contributed by atoms with Crippen molar-refractivity contribution in [1.82, 2.24) is 5.16 Å². The van der Waals surface area contributed by atoms with Crippen LogP contribution in [-0.4, -0.2) is 21.9 Å². The number of carboxylic acid groups (broad SMARTS) is 1. The van der Waals surface area contributed by atoms with Gasteiger partial charge in [0.15, 0.2) is 5.76 Å². The van der Waals surface area contributed by atoms with E-state index in [9.17, 15) is 9.90 Å². The van der Waals surface area contributed by atoms with Crippen LogP contribution in [0.1, 0.15) is 45.5 Å². The molecule has 1 aromatic carbocycles. The molecule has 1 aliphatic heterocycles. The SMILES string of the molecule is Cc1noc2c1-c1sc(C)c(C)c1C(c1ccc(Cl)cc1)=N[C@H]2CC(=O)O.S. The summed E-state index contributed by atoms with van der Waals surface area (Å²) in [5, 5.41) is 14.1. The maximum atomic E-state index is 11.5. The molecule has 0 bridgehead atoms. The number of aliphatic carboxylic acids is 1. The van der Waals surface area contributed by atoms with Crippen molar-refractivity contribution in [3.8, 4) is 10.4 Å². The van der Waals surface area contributed by atoms with Gasteiger partial charge in [0.1, 0.15) is 6.04 Å². The summed E-state index contributed by atoms with van der Waals surface area (Å²) in [5.74, 6) is -0.418. The third-order valence-corrected chi connectivity index (χ3v) is 6.29. The molecule has 0 fully saturated rings. The predicted octanol–water partition coefficient (Wildman–Crippen LogP) is 5.46. The number of nitrogens with zero attached hydrogens (tertiary/aromatic N) is 2. The second-order valence-corrected chi connectivity index (χ2v) is 8.25. The van der Waals surface area contributed by atoms with Crippen LogP contribution in [0.3, 0.4) is 0 Å². The summed E-state index contributed by atoms with van der Waals surface area (Å²) in [6.45, 7) is 6.02. The highest BCUT2D eigenvalue weighted by Gasteiger charge is 2.34. The third-order valence-electron chi connectivity index (χ3n) is 4.81. The van der Waals surface area contributed by atoms with Gasteiger partial charge < -0.3 is 9.63 Å². The lowest BCUT2D eigenvalue weighted by atomic mass is 9.96. The number of fused-ring (bicyclic) bond motifs is 3. The molecular weight excluding hydrogens is 416 g/mol. The molecule has 1 aliphatic rings. The quantitative estimate of drug-likeness (QED) is 0.593. The monoisotopic (exact) mass is 434 g/mol. The molecule has 8 heteroatoms. The fourth-order valence-electron chi connectivity index (χ4n) is 3.39. The number of aryl methyl sites for hydroxylation is 2. The van der Waals surface area contributed by atoms with Gasteiger partial charge in [-0.3, -0.25) is 9.79 Å². The van der Waals surface area contributed by atoms with Gasteiger partial charge in [0.2, 0.25) is 0 Å². The van der Waals surface area contributed by atoms with E-state index in [-0.39, 0.29) is 19.9 Å². The maximum Gasteiger partial charge on any atom is 0.306 e. The molecule has 3 aromatic rings. The van der Waals surface area contributed by atoms with E-state index in [1.165, 1.54) is 4.88 Å². The largest absolute Gasteiger partial charge is 0.481 e. The molecule has 1 atom stereocenters. The van der Waals surface area contributed by atoms with Crippen LogP contribution in [0.25, 0.3) is 10.4 Å². The van der Waals surface area contributed by atoms with Crippen LogP contribution in [0.4, 0.5) is 0 Å². The summed E-state index contributed by atoms with van der Waals surface area (Å²) < 4.78 is 5.55. The van der Waals surface area contributed by atoms with Gasteiger partial charge >= 0.3 is 5.97 Å². The number of rotatable bonds is 3. The molecule has 1 N–H and O–H groups in total. The van der Waals surface area contributed by atoms with Crippen molar-refractivity contribution in [1.29, 1.82) is 0 Å². The van der Waals surface area contributed by atoms with E-state index in [4.69, 9.17) is 21.1 Å². The van der Waals surface area contributed by atoms with Gasteiger partial charge in [-0.05, 0) is 38.5 Å². The van der Waals surface area contributed by atoms with Crippen molar-refractivity contribution in [3.63, 3.8) is 0 Å². The van der Waals surface area contributed by atoms with Gasteiger partial charge in [0.05, 0.1) is 23.4 Å². The minimum absolute atomic E-state index is 0. The number of hydrogen-bond donors (Lipinski definition) is 1. The molecule has 0 aliphatic carbocycles. The van der Waals surface area contributed by atoms with Crippen molar-refractivity contribution in [2.24, 2.45) is 4.99 Å². The number of carbonyl (C=O) groups is 1. The van der Waals surface area contributed by atoms with Gasteiger partial charge in [-0.1, -0.05) is 28.9 Å². The van der Waals surface area contributed by atoms with Gasteiger partial charge in [-0.25, -0.2) is 0 Å². The Balaban J connectivity index is 0.00000225. The lowest BCUT2D eigenvalue weighted by Crippen LogP contribution is -2.09. The summed E-state index contributed by atoms with van der Waals surface area (Å²) >= 11 is 7.71. The highest BCUT2D eigenvalue weighted by molar-refractivity contribution is 7.59. The molecule has 4 rings (SSSR count). The molecule has 28 heavy (non-hydrogen) atoms. The zero-order chi connectivity index (χ0) is 19.3. The summed E-state index contributed by atoms with van der Waals surface area (Å²) in [5.41, 5.74) is 5.42. The number of thiophene rings is 1. The molecule has 5 nitrogen and oxygen atoms in total. The number of benzene rings is 1. The molecule has 0 spiro atoms. The standard InChI is InChI=1S/C20H17ClN2O3S.H2S/c1-9-11(3)27-20-16(9)18(12-4-6-13(21)7-5-12)22-14(8-15(24)25)19-17(20)10(2)23-26-19;/h4-7,14H,8H2,1-3H3,(H,24,25);1H2/t14-;/m0./s1. The van der Waals surface area contributed by atoms with Gasteiger partial charge in [0, 0.05) is 25.9 Å². The van der Waals surface area contributed by atoms with Crippen LogP contribution in [0.2, 0.25) is 5.02 Å². The van der Waals surface area contributed by atoms with E-state index >= 15 is 0 Å². The normalized spacial score (nSPS) is 15.1. The number of aliphatic imine (C=N–C) groups is 1. The third kappa shape index (κ3) is 3.38. The van der Waals surface area contributed by atoms with Gasteiger partial charge in [-0.15, -0.1) is 11.3 Å². The Morgan fingerprint density at radius 3 is 2.54 bits per heavy atom. The first kappa shape index (κ1) is 20.6. The minimum Gasteiger partial charge on any atom is -0.481 e. The Labute approximate surface area is 178 Å². The van der Waals surface area contributed by atoms with Crippen LogP contribution < -0.4 is 0 Å². The summed E-state index contributed by atoms with van der Waals surface area (Å²) in [6.07, 6.45) is -0.161. The van der Waals surface area contributed by atoms with Gasteiger partial charge in [0.25, 0.3) is 0 Å². The molecule has 0 radical (unpaired) electrons. The maximum absolute atomic E-state index is 11.5. The Bertz CT molecular complexity index is 1080. The van der Waals surface area contributed by atoms with Crippen LogP contribution >= 0.6 is 36.4 Å². The first-order chi connectivity index (χ1) is 12.9. The van der Waals surface area contributed by atoms with Crippen LogP contribution in [0.5, 0.6) is 0 Å². The Kier molecular flexibility index (Phi) is 5.70. The Morgan fingerprint density at radius 1 is 1.21 bits per heavy atom. The number of halogens is 1. The Morgan fingerprint density at radius 2 is 1.89 bits per heavy atom. The van der Waals surface area contributed by atoms with Crippen molar-refractivity contribution in [2.75, 3.05) is 0 Å². The first-order valence-electron chi connectivity index (χ1n) is 8.49. The van der Waals surface area contributed by atoms with Crippen LogP contribution in [-0.2, 0) is 4.79 Å². The van der Waals surface area contributed by atoms with Crippen molar-refractivity contribution >= 4 is 48.1 Å². The predicted molar refractivity (Wildman–Crippen MR) is 116 cm³/mol. The van der Waals surface area contributed by atoms with Crippen molar-refractivity contribution in [3.05, 3.63) is 62.3 Å². The average molecular weight is 435 g/mol. The molecule has 0 saturated carbocycles. The Hall–Kier alpha value is -2.09. The highest BCUT2D eigenvalue weighted by atomic mass is 35.5. The van der Waals surface area contributed by atoms with E-state index in [0.717, 1.165) is 38.5 Å². The molecule has 0 saturated heterocycles. The van der Waals surface area contributed by atoms with E-state index in [1.807, 2.05) is 31.2 Å². The molecule has 146 valence electrons. The fourth-order valence-corrected chi connectivity index (χ4v) is 4.78. The fraction of sp³-hybridized carbons (Fsp3) is 0.250. The van der Waals surface area contributed by atoms with E-state index < -0.39 is 12.0 Å². The van der Waals surface area contributed by atoms with E-state index in [2.05, 4.69) is 19.0 Å². The zero-order valence-electron chi connectivity index (χ0n) is 15.5. The second-order valence-electron chi connectivity index (χ2n) is 6.59. The minimum atomic E-state index is -0.933. The molecule has 3 heterocycles. The first-order valence-corrected chi connectivity index (χ1v) is 9.68. The second kappa shape index (κ2) is 7.73. The summed E-state index contributed by atoms with van der Waals surface area (Å²) in [4.78, 5) is 18.5. The summed E-state index contributed by atoms with van der Waals surface area (Å²) in [7, 11) is 0. The number of carboxylic acids is 1. The number of aromatic nitrogens is 1. The molecule has 2 aromatic heterocycles.